The van der Waals surface area contributed by atoms with E-state index in [-0.39, 0.29) is 29.2 Å². The van der Waals surface area contributed by atoms with Crippen LogP contribution in [-0.4, -0.2) is 0 Å². The number of rotatable bonds is 2. The molecule has 1 atom stereocenters. The Kier molecular flexibility index (Phi) is 2.92. The lowest BCUT2D eigenvalue weighted by Gasteiger charge is -2.15. The Bertz CT molecular complexity index is 854. The van der Waals surface area contributed by atoms with Gasteiger partial charge in [0.2, 0.25) is 0 Å². The van der Waals surface area contributed by atoms with Gasteiger partial charge in [-0.25, -0.2) is 13.2 Å². The summed E-state index contributed by atoms with van der Waals surface area (Å²) in [5, 5.41) is 8.89. The fourth-order valence-corrected chi connectivity index (χ4v) is 3.68. The molecule has 0 aromatic heterocycles. The summed E-state index contributed by atoms with van der Waals surface area (Å²) in [6, 6.07) is 8.52. The van der Waals surface area contributed by atoms with Crippen LogP contribution in [0.15, 0.2) is 30.3 Å². The van der Waals surface area contributed by atoms with E-state index in [0.717, 1.165) is 11.6 Å². The SMILES string of the molecule is N#Cc1cc(F)cc(Oc2ccc3c4c2CCC4CC3(F)F)c1. The third-order valence-electron chi connectivity index (χ3n) is 4.59. The van der Waals surface area contributed by atoms with Crippen LogP contribution in [0.2, 0.25) is 0 Å². The third-order valence-corrected chi connectivity index (χ3v) is 4.59. The van der Waals surface area contributed by atoms with E-state index in [9.17, 15) is 13.2 Å². The summed E-state index contributed by atoms with van der Waals surface area (Å²) >= 11 is 0. The molecule has 4 rings (SSSR count). The molecule has 2 aromatic carbocycles. The van der Waals surface area contributed by atoms with E-state index in [1.807, 2.05) is 6.07 Å². The zero-order valence-electron chi connectivity index (χ0n) is 12.1. The Morgan fingerprint density at radius 2 is 2.04 bits per heavy atom. The molecule has 5 heteroatoms. The van der Waals surface area contributed by atoms with E-state index < -0.39 is 11.7 Å². The second kappa shape index (κ2) is 4.76. The second-order valence-corrected chi connectivity index (χ2v) is 6.04. The van der Waals surface area contributed by atoms with Crippen LogP contribution in [0, 0.1) is 17.1 Å². The minimum absolute atomic E-state index is 0.0966. The molecule has 0 saturated carbocycles. The molecule has 0 bridgehead atoms. The maximum atomic E-state index is 14.0. The molecule has 0 saturated heterocycles. The maximum absolute atomic E-state index is 14.0. The Hall–Kier alpha value is -2.48. The number of nitriles is 1. The van der Waals surface area contributed by atoms with Crippen LogP contribution >= 0.6 is 0 Å². The third kappa shape index (κ3) is 2.17. The van der Waals surface area contributed by atoms with Gasteiger partial charge < -0.3 is 4.74 Å². The average Bonchev–Trinajstić information content (AvgIpc) is 3.01. The van der Waals surface area contributed by atoms with Gasteiger partial charge in [-0.15, -0.1) is 0 Å². The largest absolute Gasteiger partial charge is 0.457 e. The first-order valence-electron chi connectivity index (χ1n) is 7.40. The van der Waals surface area contributed by atoms with Crippen molar-refractivity contribution in [1.29, 1.82) is 5.26 Å². The smallest absolute Gasteiger partial charge is 0.274 e. The maximum Gasteiger partial charge on any atom is 0.274 e. The highest BCUT2D eigenvalue weighted by molar-refractivity contribution is 5.55. The molecule has 0 spiro atoms. The first-order chi connectivity index (χ1) is 11.0. The van der Waals surface area contributed by atoms with E-state index in [2.05, 4.69) is 0 Å². The monoisotopic (exact) mass is 315 g/mol. The molecule has 0 heterocycles. The van der Waals surface area contributed by atoms with Crippen LogP contribution in [0.5, 0.6) is 11.5 Å². The molecular formula is C18H12F3NO. The van der Waals surface area contributed by atoms with E-state index >= 15 is 0 Å². The van der Waals surface area contributed by atoms with Gasteiger partial charge in [-0.05, 0) is 54.2 Å². The van der Waals surface area contributed by atoms with Crippen molar-refractivity contribution in [3.63, 3.8) is 0 Å². The summed E-state index contributed by atoms with van der Waals surface area (Å²) < 4.78 is 47.2. The topological polar surface area (TPSA) is 33.0 Å². The summed E-state index contributed by atoms with van der Waals surface area (Å²) in [4.78, 5) is 0. The van der Waals surface area contributed by atoms with Crippen molar-refractivity contribution in [2.24, 2.45) is 0 Å². The Balaban J connectivity index is 1.76. The molecule has 0 radical (unpaired) electrons. The summed E-state index contributed by atoms with van der Waals surface area (Å²) in [6.07, 6.45) is 1.22. The van der Waals surface area contributed by atoms with Crippen LogP contribution in [0.25, 0.3) is 0 Å². The molecule has 2 aliphatic carbocycles. The van der Waals surface area contributed by atoms with Crippen LogP contribution in [-0.2, 0) is 12.3 Å². The van der Waals surface area contributed by atoms with Gasteiger partial charge in [0.05, 0.1) is 11.6 Å². The van der Waals surface area contributed by atoms with Gasteiger partial charge in [0.25, 0.3) is 5.92 Å². The van der Waals surface area contributed by atoms with Crippen LogP contribution in [0.3, 0.4) is 0 Å². The fraction of sp³-hybridized carbons (Fsp3) is 0.278. The van der Waals surface area contributed by atoms with Gasteiger partial charge in [-0.3, -0.25) is 0 Å². The highest BCUT2D eigenvalue weighted by Crippen LogP contribution is 2.56. The molecule has 116 valence electrons. The Morgan fingerprint density at radius 3 is 2.83 bits per heavy atom. The molecule has 1 unspecified atom stereocenters. The highest BCUT2D eigenvalue weighted by Gasteiger charge is 2.48. The highest BCUT2D eigenvalue weighted by atomic mass is 19.3. The molecule has 2 nitrogen and oxygen atoms in total. The van der Waals surface area contributed by atoms with Crippen molar-refractivity contribution in [2.45, 2.75) is 31.1 Å². The minimum Gasteiger partial charge on any atom is -0.457 e. The lowest BCUT2D eigenvalue weighted by molar-refractivity contribution is -0.00736. The molecule has 0 fully saturated rings. The Labute approximate surface area is 131 Å². The fourth-order valence-electron chi connectivity index (χ4n) is 3.68. The van der Waals surface area contributed by atoms with E-state index in [0.29, 0.717) is 24.2 Å². The zero-order chi connectivity index (χ0) is 16.2. The van der Waals surface area contributed by atoms with Gasteiger partial charge >= 0.3 is 0 Å². The van der Waals surface area contributed by atoms with Gasteiger partial charge in [-0.1, -0.05) is 0 Å². The van der Waals surface area contributed by atoms with Crippen molar-refractivity contribution >= 4 is 0 Å². The number of hydrogen-bond donors (Lipinski definition) is 0. The standard InChI is InChI=1S/C18H12F3NO/c19-12-5-10(9-22)6-13(7-12)23-16-4-3-15-17-11(1-2-14(16)17)8-18(15,20)21/h3-7,11H,1-2,8H2. The van der Waals surface area contributed by atoms with E-state index in [4.69, 9.17) is 10.00 Å². The van der Waals surface area contributed by atoms with Crippen LogP contribution in [0.4, 0.5) is 13.2 Å². The summed E-state index contributed by atoms with van der Waals surface area (Å²) in [7, 11) is 0. The first kappa shape index (κ1) is 14.1. The van der Waals surface area contributed by atoms with Gasteiger partial charge in [0, 0.05) is 18.1 Å². The number of nitrogens with zero attached hydrogens (tertiary/aromatic N) is 1. The van der Waals surface area contributed by atoms with Crippen molar-refractivity contribution in [1.82, 2.24) is 0 Å². The van der Waals surface area contributed by atoms with Crippen molar-refractivity contribution in [3.05, 3.63) is 58.4 Å². The number of ether oxygens (including phenoxy) is 1. The summed E-state index contributed by atoms with van der Waals surface area (Å²) in [5.41, 5.74) is 1.73. The van der Waals surface area contributed by atoms with Gasteiger partial charge in [0.1, 0.15) is 17.3 Å². The number of alkyl halides is 2. The molecule has 0 aliphatic heterocycles. The number of hydrogen-bond acceptors (Lipinski definition) is 2. The molecule has 0 amide bonds. The van der Waals surface area contributed by atoms with E-state index in [1.54, 1.807) is 0 Å². The quantitative estimate of drug-likeness (QED) is 0.780. The predicted octanol–water partition coefficient (Wildman–Crippen LogP) is 5.01. The first-order valence-corrected chi connectivity index (χ1v) is 7.40. The lowest BCUT2D eigenvalue weighted by atomic mass is 10.0. The van der Waals surface area contributed by atoms with Crippen LogP contribution in [0.1, 0.15) is 41.0 Å². The Morgan fingerprint density at radius 1 is 1.22 bits per heavy atom. The summed E-state index contributed by atoms with van der Waals surface area (Å²) in [6.45, 7) is 0. The average molecular weight is 315 g/mol. The predicted molar refractivity (Wildman–Crippen MR) is 77.2 cm³/mol. The van der Waals surface area contributed by atoms with E-state index in [1.165, 1.54) is 24.3 Å². The number of halogens is 3. The summed E-state index contributed by atoms with van der Waals surface area (Å²) in [5.74, 6) is -2.80. The zero-order valence-corrected chi connectivity index (χ0v) is 12.1. The van der Waals surface area contributed by atoms with Gasteiger partial charge in [-0.2, -0.15) is 5.26 Å². The van der Waals surface area contributed by atoms with Crippen LogP contribution < -0.4 is 4.74 Å². The molecule has 2 aromatic rings. The molecule has 23 heavy (non-hydrogen) atoms. The molecular weight excluding hydrogens is 303 g/mol. The van der Waals surface area contributed by atoms with Gasteiger partial charge in [0.15, 0.2) is 0 Å². The normalized spacial score (nSPS) is 20.2. The molecule has 0 N–H and O–H groups in total. The second-order valence-electron chi connectivity index (χ2n) is 6.04. The van der Waals surface area contributed by atoms with Crippen molar-refractivity contribution in [3.8, 4) is 17.6 Å². The minimum atomic E-state index is -2.78. The van der Waals surface area contributed by atoms with Crippen molar-refractivity contribution in [2.75, 3.05) is 0 Å². The molecule has 2 aliphatic rings. The van der Waals surface area contributed by atoms with Crippen molar-refractivity contribution < 1.29 is 17.9 Å². The number of benzene rings is 2. The lowest BCUT2D eigenvalue weighted by Crippen LogP contribution is -2.09.